The van der Waals surface area contributed by atoms with E-state index in [9.17, 15) is 18.0 Å². The van der Waals surface area contributed by atoms with E-state index in [-0.39, 0.29) is 5.41 Å². The van der Waals surface area contributed by atoms with E-state index in [2.05, 4.69) is 47.5 Å². The van der Waals surface area contributed by atoms with E-state index in [0.717, 1.165) is 74.1 Å². The Balaban J connectivity index is 0.000000308. The first-order valence-corrected chi connectivity index (χ1v) is 15.4. The van der Waals surface area contributed by atoms with Gasteiger partial charge in [-0.15, -0.1) is 0 Å². The van der Waals surface area contributed by atoms with Crippen molar-refractivity contribution in [3.8, 4) is 0 Å². The fourth-order valence-electron chi connectivity index (χ4n) is 5.01. The number of carbonyl (C=O) groups is 1. The molecular weight excluding hydrogens is 555 g/mol. The summed E-state index contributed by atoms with van der Waals surface area (Å²) >= 11 is 0. The van der Waals surface area contributed by atoms with Gasteiger partial charge in [-0.2, -0.15) is 13.2 Å². The second-order valence-electron chi connectivity index (χ2n) is 11.1. The van der Waals surface area contributed by atoms with Gasteiger partial charge >= 0.3 is 6.18 Å². The van der Waals surface area contributed by atoms with E-state index in [4.69, 9.17) is 4.74 Å². The number of alkyl halides is 3. The lowest BCUT2D eigenvalue weighted by molar-refractivity contribution is -0.137. The zero-order valence-corrected chi connectivity index (χ0v) is 26.6. The van der Waals surface area contributed by atoms with Gasteiger partial charge in [-0.3, -0.25) is 19.7 Å². The summed E-state index contributed by atoms with van der Waals surface area (Å²) < 4.78 is 42.9. The smallest absolute Gasteiger partial charge is 0.379 e. The predicted octanol–water partition coefficient (Wildman–Crippen LogP) is 7.42. The third-order valence-electron chi connectivity index (χ3n) is 8.02. The lowest BCUT2D eigenvalue weighted by Gasteiger charge is -2.33. The van der Waals surface area contributed by atoms with Crippen LogP contribution in [0.5, 0.6) is 0 Å². The van der Waals surface area contributed by atoms with Crippen LogP contribution < -0.4 is 15.8 Å². The Labute approximate surface area is 255 Å². The quantitative estimate of drug-likeness (QED) is 0.260. The van der Waals surface area contributed by atoms with Gasteiger partial charge in [-0.1, -0.05) is 47.1 Å². The van der Waals surface area contributed by atoms with Crippen LogP contribution in [-0.4, -0.2) is 55.7 Å². The number of pyridine rings is 1. The normalized spacial score (nSPS) is 17.4. The monoisotopic (exact) mass is 605 g/mol. The number of morpholine rings is 1. The van der Waals surface area contributed by atoms with Gasteiger partial charge in [0.2, 0.25) is 6.41 Å². The highest BCUT2D eigenvalue weighted by Gasteiger charge is 2.31. The molecule has 0 saturated carbocycles. The molecule has 1 fully saturated rings. The first-order valence-electron chi connectivity index (χ1n) is 15.4. The van der Waals surface area contributed by atoms with E-state index < -0.39 is 11.7 Å². The molecule has 43 heavy (non-hydrogen) atoms. The van der Waals surface area contributed by atoms with Crippen LogP contribution in [-0.2, 0) is 21.1 Å². The van der Waals surface area contributed by atoms with Gasteiger partial charge in [0.15, 0.2) is 0 Å². The van der Waals surface area contributed by atoms with Crippen molar-refractivity contribution in [1.82, 2.24) is 15.3 Å². The summed E-state index contributed by atoms with van der Waals surface area (Å²) in [6, 6.07) is 9.23. The highest BCUT2D eigenvalue weighted by molar-refractivity contribution is 5.70. The van der Waals surface area contributed by atoms with Crippen LogP contribution in [0.2, 0.25) is 0 Å². The van der Waals surface area contributed by atoms with Crippen LogP contribution in [0.25, 0.3) is 0 Å². The fraction of sp³-hybridized carbons (Fsp3) is 0.576. The summed E-state index contributed by atoms with van der Waals surface area (Å²) in [6.45, 7) is 18.5. The lowest BCUT2D eigenvalue weighted by Crippen LogP contribution is -2.39. The highest BCUT2D eigenvalue weighted by Crippen LogP contribution is 2.34. The number of rotatable bonds is 11. The molecule has 0 aliphatic carbocycles. The van der Waals surface area contributed by atoms with E-state index >= 15 is 0 Å². The Morgan fingerprint density at radius 3 is 2.40 bits per heavy atom. The van der Waals surface area contributed by atoms with E-state index in [1.807, 2.05) is 26.8 Å². The van der Waals surface area contributed by atoms with Crippen LogP contribution in [0, 0.1) is 5.92 Å². The van der Waals surface area contributed by atoms with Crippen molar-refractivity contribution in [2.45, 2.75) is 78.8 Å². The number of hydrogen-bond donors (Lipinski definition) is 2. The second-order valence-corrected chi connectivity index (χ2v) is 11.1. The minimum absolute atomic E-state index is 0.0815. The third kappa shape index (κ3) is 11.6. The van der Waals surface area contributed by atoms with Crippen molar-refractivity contribution in [2.24, 2.45) is 5.92 Å². The average Bonchev–Trinajstić information content (AvgIpc) is 3.47. The summed E-state index contributed by atoms with van der Waals surface area (Å²) in [5, 5.41) is 4.25. The van der Waals surface area contributed by atoms with Gasteiger partial charge in [-0.25, -0.2) is 5.43 Å². The number of nitrogens with zero attached hydrogens (tertiary/aromatic N) is 3. The molecule has 4 rings (SSSR count). The molecule has 1 aromatic carbocycles. The van der Waals surface area contributed by atoms with Gasteiger partial charge in [0.25, 0.3) is 0 Å². The Morgan fingerprint density at radius 1 is 1.14 bits per heavy atom. The summed E-state index contributed by atoms with van der Waals surface area (Å²) in [6.07, 6.45) is 4.56. The number of nitrogens with one attached hydrogen (secondary N) is 2. The molecule has 1 unspecified atom stereocenters. The first kappa shape index (κ1) is 36.2. The van der Waals surface area contributed by atoms with Gasteiger partial charge in [0.1, 0.15) is 0 Å². The molecule has 1 amide bonds. The van der Waals surface area contributed by atoms with Crippen molar-refractivity contribution < 1.29 is 22.7 Å². The van der Waals surface area contributed by atoms with E-state index in [1.54, 1.807) is 23.5 Å². The van der Waals surface area contributed by atoms with Crippen LogP contribution in [0.3, 0.4) is 0 Å². The molecule has 3 heterocycles. The lowest BCUT2D eigenvalue weighted by atomic mass is 9.77. The molecule has 2 atom stereocenters. The van der Waals surface area contributed by atoms with Crippen LogP contribution >= 0.6 is 0 Å². The minimum atomic E-state index is -4.30. The predicted molar refractivity (Wildman–Crippen MR) is 169 cm³/mol. The van der Waals surface area contributed by atoms with Crippen LogP contribution in [0.15, 0.2) is 54.4 Å². The van der Waals surface area contributed by atoms with E-state index in [1.165, 1.54) is 25.5 Å². The van der Waals surface area contributed by atoms with Crippen LogP contribution in [0.1, 0.15) is 78.5 Å². The third-order valence-corrected chi connectivity index (χ3v) is 8.02. The number of hydrazine groups is 1. The highest BCUT2D eigenvalue weighted by atomic mass is 19.4. The number of benzene rings is 1. The van der Waals surface area contributed by atoms with Crippen molar-refractivity contribution >= 4 is 17.8 Å². The summed E-state index contributed by atoms with van der Waals surface area (Å²) in [7, 11) is 0. The second kappa shape index (κ2) is 18.0. The molecule has 2 aliphatic rings. The summed E-state index contributed by atoms with van der Waals surface area (Å²) in [5.74, 6) is 0.722. The maximum absolute atomic E-state index is 12.5. The number of ether oxygens (including phenoxy) is 1. The summed E-state index contributed by atoms with van der Waals surface area (Å²) in [5.41, 5.74) is 5.86. The van der Waals surface area contributed by atoms with Crippen molar-refractivity contribution in [2.75, 3.05) is 49.7 Å². The van der Waals surface area contributed by atoms with Gasteiger partial charge < -0.3 is 10.1 Å². The molecule has 7 nitrogen and oxygen atoms in total. The number of halogens is 3. The zero-order valence-electron chi connectivity index (χ0n) is 26.6. The van der Waals surface area contributed by atoms with Crippen molar-refractivity contribution in [3.05, 3.63) is 65.6 Å². The molecule has 0 spiro atoms. The molecule has 2 N–H and O–H groups in total. The Hall–Kier alpha value is -2.95. The molecule has 0 radical (unpaired) electrons. The van der Waals surface area contributed by atoms with Gasteiger partial charge in [-0.05, 0) is 68.0 Å². The average molecular weight is 606 g/mol. The molecule has 1 aromatic heterocycles. The summed E-state index contributed by atoms with van der Waals surface area (Å²) in [4.78, 5) is 17.7. The van der Waals surface area contributed by atoms with Crippen molar-refractivity contribution in [1.29, 1.82) is 0 Å². The maximum Gasteiger partial charge on any atom is 0.416 e. The molecule has 10 heteroatoms. The maximum atomic E-state index is 12.5. The molecular formula is C33H50F3N5O2. The van der Waals surface area contributed by atoms with E-state index in [0.29, 0.717) is 18.6 Å². The van der Waals surface area contributed by atoms with Gasteiger partial charge in [0, 0.05) is 43.5 Å². The van der Waals surface area contributed by atoms with Gasteiger partial charge in [0.05, 0.1) is 36.3 Å². The minimum Gasteiger partial charge on any atom is -0.379 e. The number of anilines is 2. The number of amides is 1. The molecule has 240 valence electrons. The standard InChI is InChI=1S/C20H33N3O2.C11H11F3N2.C2H6/c1-4-17(15-23-10-12-25-13-11-23)8-9-20(3,5-2)19-7-6-18(14-21-19)22-16-24;1-8-6-15-16(7-8)10-4-2-3-9(5-10)11(12,13)14;1-2/h6-7,14,16-17H,4-5,8-13,15H2,1-3H3,(H,22,24);2-5,7,15H,6H2,1H3;1-2H3/t17?,20-;;/m1../s1. The fourth-order valence-corrected chi connectivity index (χ4v) is 5.01. The number of carbonyl (C=O) groups excluding carboxylic acids is 1. The molecule has 1 saturated heterocycles. The molecule has 0 bridgehead atoms. The van der Waals surface area contributed by atoms with Crippen molar-refractivity contribution in [3.63, 3.8) is 0 Å². The number of hydrogen-bond acceptors (Lipinski definition) is 6. The topological polar surface area (TPSA) is 69.7 Å². The first-order chi connectivity index (χ1) is 20.6. The number of aromatic nitrogens is 1. The Morgan fingerprint density at radius 2 is 1.86 bits per heavy atom. The molecule has 2 aliphatic heterocycles. The molecule has 2 aromatic rings. The van der Waals surface area contributed by atoms with Crippen LogP contribution in [0.4, 0.5) is 24.5 Å². The Kier molecular flexibility index (Phi) is 15.2. The zero-order chi connectivity index (χ0) is 31.9. The Bertz CT molecular complexity index is 1120. The largest absolute Gasteiger partial charge is 0.416 e. The SMILES string of the molecule is CC.CC1=CN(c2cccc(C(F)(F)F)c2)NC1.CCC(CC[C@@](C)(CC)c1ccc(NC=O)cn1)CN1CCOCC1.